The van der Waals surface area contributed by atoms with Crippen molar-refractivity contribution in [1.82, 2.24) is 14.7 Å². The zero-order valence-corrected chi connectivity index (χ0v) is 13.7. The lowest BCUT2D eigenvalue weighted by molar-refractivity contribution is 0.113. The van der Waals surface area contributed by atoms with Gasteiger partial charge in [0.15, 0.2) is 0 Å². The lowest BCUT2D eigenvalue weighted by Crippen LogP contribution is -2.47. The predicted octanol–water partition coefficient (Wildman–Crippen LogP) is 2.64. The van der Waals surface area contributed by atoms with Crippen molar-refractivity contribution in [2.24, 2.45) is 11.7 Å². The summed E-state index contributed by atoms with van der Waals surface area (Å²) in [6.45, 7) is 14.2. The minimum atomic E-state index is 0.379. The van der Waals surface area contributed by atoms with Gasteiger partial charge in [0, 0.05) is 43.0 Å². The third-order valence-electron chi connectivity index (χ3n) is 5.05. The number of likely N-dealkylation sites (tertiary alicyclic amines) is 1. The molecule has 3 unspecified atom stereocenters. The van der Waals surface area contributed by atoms with E-state index in [4.69, 9.17) is 5.73 Å². The highest BCUT2D eigenvalue weighted by Crippen LogP contribution is 2.30. The van der Waals surface area contributed by atoms with Crippen LogP contribution in [-0.2, 0) is 6.54 Å². The summed E-state index contributed by atoms with van der Waals surface area (Å²) in [5.74, 6) is 0.632. The summed E-state index contributed by atoms with van der Waals surface area (Å²) in [7, 11) is 0. The van der Waals surface area contributed by atoms with Gasteiger partial charge in [-0.2, -0.15) is 5.10 Å². The molecule has 2 rings (SSSR count). The van der Waals surface area contributed by atoms with Crippen LogP contribution in [0.4, 0.5) is 0 Å². The molecule has 4 heteroatoms. The second kappa shape index (κ2) is 6.27. The summed E-state index contributed by atoms with van der Waals surface area (Å²) < 4.78 is 2.12. The largest absolute Gasteiger partial charge is 0.327 e. The smallest absolute Gasteiger partial charge is 0.0644 e. The Bertz CT molecular complexity index is 452. The van der Waals surface area contributed by atoms with Gasteiger partial charge in [0.2, 0.25) is 0 Å². The Labute approximate surface area is 123 Å². The number of piperidine rings is 1. The van der Waals surface area contributed by atoms with Crippen molar-refractivity contribution in [1.29, 1.82) is 0 Å². The van der Waals surface area contributed by atoms with Crippen LogP contribution in [0.25, 0.3) is 0 Å². The molecule has 1 saturated heterocycles. The van der Waals surface area contributed by atoms with Gasteiger partial charge in [-0.15, -0.1) is 0 Å². The van der Waals surface area contributed by atoms with Crippen LogP contribution in [0.5, 0.6) is 0 Å². The highest BCUT2D eigenvalue weighted by molar-refractivity contribution is 5.28. The van der Waals surface area contributed by atoms with Crippen molar-refractivity contribution in [3.8, 4) is 0 Å². The zero-order chi connectivity index (χ0) is 14.9. The van der Waals surface area contributed by atoms with Gasteiger partial charge < -0.3 is 5.73 Å². The molecular formula is C16H30N4. The molecule has 0 aromatic carbocycles. The van der Waals surface area contributed by atoms with Gasteiger partial charge in [0.05, 0.1) is 5.69 Å². The molecule has 4 nitrogen and oxygen atoms in total. The van der Waals surface area contributed by atoms with E-state index in [0.717, 1.165) is 26.1 Å². The maximum Gasteiger partial charge on any atom is 0.0644 e. The summed E-state index contributed by atoms with van der Waals surface area (Å²) >= 11 is 0. The number of aryl methyl sites for hydroxylation is 2. The fraction of sp³-hybridized carbons (Fsp3) is 0.812. The number of nitrogens with two attached hydrogens (primary N) is 1. The van der Waals surface area contributed by atoms with E-state index in [0.29, 0.717) is 18.0 Å². The molecule has 0 aliphatic carbocycles. The summed E-state index contributed by atoms with van der Waals surface area (Å²) in [6.07, 6.45) is 2.29. The molecular weight excluding hydrogens is 248 g/mol. The average Bonchev–Trinajstić information content (AvgIpc) is 2.73. The number of hydrogen-bond donors (Lipinski definition) is 1. The second-order valence-electron chi connectivity index (χ2n) is 6.19. The van der Waals surface area contributed by atoms with Crippen LogP contribution >= 0.6 is 0 Å². The van der Waals surface area contributed by atoms with Crippen molar-refractivity contribution in [2.45, 2.75) is 66.1 Å². The van der Waals surface area contributed by atoms with Gasteiger partial charge in [-0.05, 0) is 40.0 Å². The third kappa shape index (κ3) is 2.77. The molecule has 3 atom stereocenters. The van der Waals surface area contributed by atoms with Crippen LogP contribution in [0.15, 0.2) is 0 Å². The van der Waals surface area contributed by atoms with Gasteiger partial charge in [-0.25, -0.2) is 0 Å². The molecule has 0 spiro atoms. The zero-order valence-electron chi connectivity index (χ0n) is 13.7. The molecule has 0 radical (unpaired) electrons. The van der Waals surface area contributed by atoms with Crippen molar-refractivity contribution >= 4 is 0 Å². The first-order valence-corrected chi connectivity index (χ1v) is 8.03. The van der Waals surface area contributed by atoms with E-state index in [1.165, 1.54) is 23.4 Å². The quantitative estimate of drug-likeness (QED) is 0.921. The highest BCUT2D eigenvalue weighted by Gasteiger charge is 2.30. The highest BCUT2D eigenvalue weighted by atomic mass is 15.3. The number of aromatic nitrogens is 2. The van der Waals surface area contributed by atoms with E-state index in [1.807, 2.05) is 0 Å². The first kappa shape index (κ1) is 15.5. The summed E-state index contributed by atoms with van der Waals surface area (Å²) in [6, 6.07) is 0.820. The minimum Gasteiger partial charge on any atom is -0.327 e. The molecule has 0 saturated carbocycles. The normalized spacial score (nSPS) is 25.9. The molecule has 2 heterocycles. The Morgan fingerprint density at radius 1 is 1.35 bits per heavy atom. The molecule has 1 aliphatic heterocycles. The van der Waals surface area contributed by atoms with Crippen LogP contribution in [0.1, 0.15) is 56.6 Å². The molecule has 0 bridgehead atoms. The van der Waals surface area contributed by atoms with Gasteiger partial charge in [0.1, 0.15) is 0 Å². The van der Waals surface area contributed by atoms with E-state index in [9.17, 15) is 0 Å². The van der Waals surface area contributed by atoms with Crippen molar-refractivity contribution in [2.75, 3.05) is 13.1 Å². The molecule has 1 fully saturated rings. The fourth-order valence-electron chi connectivity index (χ4n) is 3.67. The molecule has 2 N–H and O–H groups in total. The summed E-state index contributed by atoms with van der Waals surface area (Å²) in [5, 5.41) is 4.66. The van der Waals surface area contributed by atoms with E-state index >= 15 is 0 Å². The van der Waals surface area contributed by atoms with E-state index in [1.54, 1.807) is 0 Å². The first-order chi connectivity index (χ1) is 9.49. The van der Waals surface area contributed by atoms with Crippen molar-refractivity contribution < 1.29 is 0 Å². The fourth-order valence-corrected chi connectivity index (χ4v) is 3.67. The Hall–Kier alpha value is -0.870. The van der Waals surface area contributed by atoms with Gasteiger partial charge >= 0.3 is 0 Å². The van der Waals surface area contributed by atoms with Gasteiger partial charge in [0.25, 0.3) is 0 Å². The number of hydrogen-bond acceptors (Lipinski definition) is 3. The Morgan fingerprint density at radius 3 is 2.60 bits per heavy atom. The molecule has 1 aromatic rings. The van der Waals surface area contributed by atoms with Gasteiger partial charge in [-0.3, -0.25) is 9.58 Å². The summed E-state index contributed by atoms with van der Waals surface area (Å²) in [5.41, 5.74) is 10.1. The molecule has 20 heavy (non-hydrogen) atoms. The average molecular weight is 278 g/mol. The first-order valence-electron chi connectivity index (χ1n) is 8.03. The Morgan fingerprint density at radius 2 is 2.05 bits per heavy atom. The van der Waals surface area contributed by atoms with Crippen LogP contribution < -0.4 is 5.73 Å². The second-order valence-corrected chi connectivity index (χ2v) is 6.19. The summed E-state index contributed by atoms with van der Waals surface area (Å²) in [4.78, 5) is 2.59. The number of rotatable bonds is 4. The predicted molar refractivity (Wildman–Crippen MR) is 83.7 cm³/mol. The standard InChI is InChI=1S/C16H30N4/c1-6-14-10-19(9-8-15(14)17)12(4)16-11(3)18-20(7-2)13(16)5/h12,14-15H,6-10,17H2,1-5H3. The molecule has 0 amide bonds. The van der Waals surface area contributed by atoms with Crippen LogP contribution in [0.2, 0.25) is 0 Å². The monoisotopic (exact) mass is 278 g/mol. The number of nitrogens with zero attached hydrogens (tertiary/aromatic N) is 3. The van der Waals surface area contributed by atoms with Crippen molar-refractivity contribution in [3.63, 3.8) is 0 Å². The maximum absolute atomic E-state index is 6.23. The van der Waals surface area contributed by atoms with Crippen LogP contribution in [0.3, 0.4) is 0 Å². The SMILES string of the molecule is CCC1CN(C(C)c2c(C)nn(CC)c2C)CCC1N. The Balaban J connectivity index is 2.19. The van der Waals surface area contributed by atoms with Crippen LogP contribution in [0, 0.1) is 19.8 Å². The maximum atomic E-state index is 6.23. The molecule has 114 valence electrons. The minimum absolute atomic E-state index is 0.379. The van der Waals surface area contributed by atoms with Crippen LogP contribution in [-0.4, -0.2) is 33.8 Å². The topological polar surface area (TPSA) is 47.1 Å². The van der Waals surface area contributed by atoms with Crippen molar-refractivity contribution in [3.05, 3.63) is 17.0 Å². The lowest BCUT2D eigenvalue weighted by atomic mass is 9.89. The Kier molecular flexibility index (Phi) is 4.86. The van der Waals surface area contributed by atoms with E-state index < -0.39 is 0 Å². The lowest BCUT2D eigenvalue weighted by Gasteiger charge is -2.40. The molecule has 1 aliphatic rings. The molecule has 1 aromatic heterocycles. The van der Waals surface area contributed by atoms with Gasteiger partial charge in [-0.1, -0.05) is 13.3 Å². The third-order valence-corrected chi connectivity index (χ3v) is 5.05. The van der Waals surface area contributed by atoms with E-state index in [2.05, 4.69) is 49.3 Å². The van der Waals surface area contributed by atoms with E-state index in [-0.39, 0.29) is 0 Å².